The van der Waals surface area contributed by atoms with E-state index < -0.39 is 17.8 Å². The average Bonchev–Trinajstić information content (AvgIpc) is 2.76. The van der Waals surface area contributed by atoms with Crippen molar-refractivity contribution in [2.24, 2.45) is 0 Å². The number of rotatable bonds is 3. The number of hydrogen-bond acceptors (Lipinski definition) is 6. The maximum absolute atomic E-state index is 12.3. The third-order valence-electron chi connectivity index (χ3n) is 3.22. The Hall–Kier alpha value is -1.73. The zero-order valence-corrected chi connectivity index (χ0v) is 13.1. The molecule has 0 spiro atoms. The van der Waals surface area contributed by atoms with Crippen molar-refractivity contribution in [3.05, 3.63) is 16.0 Å². The van der Waals surface area contributed by atoms with E-state index in [1.54, 1.807) is 6.92 Å². The Morgan fingerprint density at radius 3 is 2.52 bits per heavy atom. The molecule has 0 atom stereocenters. The predicted molar refractivity (Wildman–Crippen MR) is 79.5 cm³/mol. The second-order valence-electron chi connectivity index (χ2n) is 4.70. The topological polar surface area (TPSA) is 75.7 Å². The number of thiophene rings is 1. The molecule has 1 aliphatic rings. The number of esters is 1. The van der Waals surface area contributed by atoms with E-state index in [2.05, 4.69) is 5.32 Å². The smallest absolute Gasteiger partial charge is 0.341 e. The van der Waals surface area contributed by atoms with Crippen LogP contribution in [0.3, 0.4) is 0 Å². The maximum atomic E-state index is 12.3. The van der Waals surface area contributed by atoms with E-state index in [9.17, 15) is 14.4 Å². The van der Waals surface area contributed by atoms with Crippen LogP contribution in [-0.4, -0.2) is 30.9 Å². The zero-order chi connectivity index (χ0) is 15.6. The lowest BCUT2D eigenvalue weighted by molar-refractivity contribution is -0.124. The minimum atomic E-state index is -0.473. The number of carbonyl (C=O) groups is 3. The van der Waals surface area contributed by atoms with Gasteiger partial charge < -0.3 is 10.1 Å². The van der Waals surface area contributed by atoms with Gasteiger partial charge in [-0.2, -0.15) is 0 Å². The zero-order valence-electron chi connectivity index (χ0n) is 12.3. The van der Waals surface area contributed by atoms with Gasteiger partial charge in [-0.15, -0.1) is 11.3 Å². The fraction of sp³-hybridized carbons (Fsp3) is 0.500. The number of nitrogens with zero attached hydrogens (tertiary/aromatic N) is 1. The van der Waals surface area contributed by atoms with Gasteiger partial charge in [0.2, 0.25) is 11.8 Å². The van der Waals surface area contributed by atoms with E-state index in [4.69, 9.17) is 4.74 Å². The van der Waals surface area contributed by atoms with E-state index in [1.807, 2.05) is 0 Å². The molecule has 0 saturated carbocycles. The van der Waals surface area contributed by atoms with Crippen molar-refractivity contribution in [1.82, 2.24) is 5.32 Å². The second kappa shape index (κ2) is 6.36. The fourth-order valence-corrected chi connectivity index (χ4v) is 3.79. The molecule has 114 valence electrons. The highest BCUT2D eigenvalue weighted by Gasteiger charge is 2.31. The van der Waals surface area contributed by atoms with Crippen LogP contribution >= 0.6 is 11.3 Å². The van der Waals surface area contributed by atoms with Crippen LogP contribution in [-0.2, 0) is 27.3 Å². The molecule has 0 saturated heterocycles. The van der Waals surface area contributed by atoms with Crippen molar-refractivity contribution in [3.8, 4) is 0 Å². The van der Waals surface area contributed by atoms with Crippen molar-refractivity contribution in [3.63, 3.8) is 0 Å². The maximum Gasteiger partial charge on any atom is 0.341 e. The van der Waals surface area contributed by atoms with Gasteiger partial charge >= 0.3 is 5.97 Å². The van der Waals surface area contributed by atoms with Crippen LogP contribution in [0.4, 0.5) is 5.00 Å². The molecule has 0 fully saturated rings. The van der Waals surface area contributed by atoms with Crippen molar-refractivity contribution in [2.45, 2.75) is 33.7 Å². The number of carbonyl (C=O) groups excluding carboxylic acids is 3. The summed E-state index contributed by atoms with van der Waals surface area (Å²) in [6, 6.07) is 0. The van der Waals surface area contributed by atoms with Gasteiger partial charge in [0, 0.05) is 25.3 Å². The molecule has 1 N–H and O–H groups in total. The molecule has 21 heavy (non-hydrogen) atoms. The van der Waals surface area contributed by atoms with Crippen LogP contribution in [0.25, 0.3) is 0 Å². The molecule has 2 amide bonds. The molecular weight excluding hydrogens is 292 g/mol. The Morgan fingerprint density at radius 2 is 1.95 bits per heavy atom. The van der Waals surface area contributed by atoms with E-state index in [1.165, 1.54) is 25.2 Å². The average molecular weight is 310 g/mol. The molecular formula is C14H18N2O4S. The predicted octanol–water partition coefficient (Wildman–Crippen LogP) is 1.47. The molecule has 0 unspecified atom stereocenters. The highest BCUT2D eigenvalue weighted by atomic mass is 32.1. The first kappa shape index (κ1) is 15.7. The van der Waals surface area contributed by atoms with Crippen molar-refractivity contribution >= 4 is 34.1 Å². The molecule has 2 rings (SSSR count). The number of anilines is 1. The standard InChI is InChI=1S/C14H18N2O4S/c1-4-20-14(19)12-10-5-6-15-7-11(10)21-13(12)16(8(2)17)9(3)18/h15H,4-7H2,1-3H3. The van der Waals surface area contributed by atoms with E-state index >= 15 is 0 Å². The monoisotopic (exact) mass is 310 g/mol. The molecule has 0 bridgehead atoms. The van der Waals surface area contributed by atoms with Gasteiger partial charge in [-0.25, -0.2) is 9.69 Å². The molecule has 0 radical (unpaired) electrons. The van der Waals surface area contributed by atoms with Crippen LogP contribution in [0, 0.1) is 0 Å². The summed E-state index contributed by atoms with van der Waals surface area (Å²) in [6.07, 6.45) is 0.684. The van der Waals surface area contributed by atoms with Crippen LogP contribution in [0.1, 0.15) is 41.6 Å². The molecule has 0 aromatic carbocycles. The first-order chi connectivity index (χ1) is 9.97. The SMILES string of the molecule is CCOC(=O)c1c(N(C(C)=O)C(C)=O)sc2c1CCNC2. The Balaban J connectivity index is 2.58. The summed E-state index contributed by atoms with van der Waals surface area (Å²) in [5.74, 6) is -1.28. The lowest BCUT2D eigenvalue weighted by Crippen LogP contribution is -2.33. The second-order valence-corrected chi connectivity index (χ2v) is 5.79. The van der Waals surface area contributed by atoms with Crippen molar-refractivity contribution in [1.29, 1.82) is 0 Å². The quantitative estimate of drug-likeness (QED) is 0.856. The van der Waals surface area contributed by atoms with Gasteiger partial charge in [0.25, 0.3) is 0 Å². The van der Waals surface area contributed by atoms with Crippen LogP contribution in [0.2, 0.25) is 0 Å². The Morgan fingerprint density at radius 1 is 1.29 bits per heavy atom. The Labute approximate surface area is 127 Å². The van der Waals surface area contributed by atoms with E-state index in [-0.39, 0.29) is 6.61 Å². The summed E-state index contributed by atoms with van der Waals surface area (Å²) in [4.78, 5) is 37.8. The first-order valence-corrected chi connectivity index (χ1v) is 7.62. The highest BCUT2D eigenvalue weighted by Crippen LogP contribution is 2.38. The van der Waals surface area contributed by atoms with Gasteiger partial charge in [-0.3, -0.25) is 9.59 Å². The lowest BCUT2D eigenvalue weighted by atomic mass is 10.0. The van der Waals surface area contributed by atoms with Crippen molar-refractivity contribution in [2.75, 3.05) is 18.1 Å². The Kier molecular flexibility index (Phi) is 4.74. The number of fused-ring (bicyclic) bond motifs is 1. The number of hydrogen-bond donors (Lipinski definition) is 1. The summed E-state index contributed by atoms with van der Waals surface area (Å²) in [7, 11) is 0. The number of nitrogens with one attached hydrogen (secondary N) is 1. The third kappa shape index (κ3) is 2.98. The van der Waals surface area contributed by atoms with Gasteiger partial charge in [0.15, 0.2) is 0 Å². The first-order valence-electron chi connectivity index (χ1n) is 6.81. The lowest BCUT2D eigenvalue weighted by Gasteiger charge is -2.17. The molecule has 1 aliphatic heterocycles. The van der Waals surface area contributed by atoms with Crippen molar-refractivity contribution < 1.29 is 19.1 Å². The highest BCUT2D eigenvalue weighted by molar-refractivity contribution is 7.17. The fourth-order valence-electron chi connectivity index (χ4n) is 2.40. The minimum Gasteiger partial charge on any atom is -0.462 e. The van der Waals surface area contributed by atoms with E-state index in [0.29, 0.717) is 23.5 Å². The largest absolute Gasteiger partial charge is 0.462 e. The molecule has 7 heteroatoms. The Bertz CT molecular complexity index is 580. The number of amides is 2. The third-order valence-corrected chi connectivity index (χ3v) is 4.44. The van der Waals surface area contributed by atoms with Gasteiger partial charge in [0.1, 0.15) is 5.00 Å². The van der Waals surface area contributed by atoms with Gasteiger partial charge in [0.05, 0.1) is 12.2 Å². The molecule has 2 heterocycles. The summed E-state index contributed by atoms with van der Waals surface area (Å²) in [5, 5.41) is 3.60. The summed E-state index contributed by atoms with van der Waals surface area (Å²) < 4.78 is 5.10. The minimum absolute atomic E-state index is 0.251. The summed E-state index contributed by atoms with van der Waals surface area (Å²) >= 11 is 1.30. The molecule has 1 aromatic heterocycles. The number of imide groups is 1. The summed E-state index contributed by atoms with van der Waals surface area (Å²) in [6.45, 7) is 6.00. The van der Waals surface area contributed by atoms with Crippen LogP contribution in [0.15, 0.2) is 0 Å². The summed E-state index contributed by atoms with van der Waals surface area (Å²) in [5.41, 5.74) is 1.25. The van der Waals surface area contributed by atoms with Gasteiger partial charge in [-0.05, 0) is 25.5 Å². The van der Waals surface area contributed by atoms with Crippen LogP contribution in [0.5, 0.6) is 0 Å². The molecule has 6 nitrogen and oxygen atoms in total. The van der Waals surface area contributed by atoms with Crippen LogP contribution < -0.4 is 10.2 Å². The molecule has 1 aromatic rings. The molecule has 0 aliphatic carbocycles. The van der Waals surface area contributed by atoms with E-state index in [0.717, 1.165) is 21.9 Å². The normalized spacial score (nSPS) is 13.5. The van der Waals surface area contributed by atoms with Gasteiger partial charge in [-0.1, -0.05) is 0 Å². The number of ether oxygens (including phenoxy) is 1.